The number of aromatic nitrogens is 3. The molecule has 6 nitrogen and oxygen atoms in total. The number of hydrogen-bond acceptors (Lipinski definition) is 6. The van der Waals surface area contributed by atoms with Crippen molar-refractivity contribution < 1.29 is 14.1 Å². The molecular weight excluding hydrogens is 342 g/mol. The SMILES string of the molecule is O=C(OCc1nc(-c2cccnc2)no1)C1(c2ccc(Cl)cc2)CC1. The Bertz CT molecular complexity index is 889. The number of esters is 1. The summed E-state index contributed by atoms with van der Waals surface area (Å²) < 4.78 is 10.5. The molecule has 1 aromatic carbocycles. The number of pyridine rings is 1. The molecule has 126 valence electrons. The van der Waals surface area contributed by atoms with E-state index in [1.807, 2.05) is 18.2 Å². The third-order valence-electron chi connectivity index (χ3n) is 4.25. The van der Waals surface area contributed by atoms with E-state index in [4.69, 9.17) is 20.9 Å². The van der Waals surface area contributed by atoms with Crippen molar-refractivity contribution in [3.8, 4) is 11.4 Å². The third kappa shape index (κ3) is 3.13. The van der Waals surface area contributed by atoms with E-state index in [2.05, 4.69) is 15.1 Å². The van der Waals surface area contributed by atoms with Crippen molar-refractivity contribution in [3.05, 3.63) is 65.3 Å². The van der Waals surface area contributed by atoms with Crippen LogP contribution in [0.1, 0.15) is 24.3 Å². The van der Waals surface area contributed by atoms with Crippen molar-refractivity contribution >= 4 is 17.6 Å². The summed E-state index contributed by atoms with van der Waals surface area (Å²) in [5, 5.41) is 4.52. The Balaban J connectivity index is 1.43. The van der Waals surface area contributed by atoms with Crippen molar-refractivity contribution in [2.24, 2.45) is 0 Å². The van der Waals surface area contributed by atoms with Gasteiger partial charge < -0.3 is 9.26 Å². The van der Waals surface area contributed by atoms with E-state index in [9.17, 15) is 4.79 Å². The zero-order chi connectivity index (χ0) is 17.3. The van der Waals surface area contributed by atoms with Gasteiger partial charge in [-0.2, -0.15) is 4.98 Å². The summed E-state index contributed by atoms with van der Waals surface area (Å²) in [6, 6.07) is 10.9. The normalized spacial score (nSPS) is 14.9. The van der Waals surface area contributed by atoms with Crippen LogP contribution in [0.4, 0.5) is 0 Å². The molecule has 0 N–H and O–H groups in total. The second-order valence-electron chi connectivity index (χ2n) is 5.92. The van der Waals surface area contributed by atoms with Crippen LogP contribution in [0.25, 0.3) is 11.4 Å². The first-order valence-electron chi connectivity index (χ1n) is 7.84. The van der Waals surface area contributed by atoms with E-state index in [-0.39, 0.29) is 18.5 Å². The molecule has 2 heterocycles. The Morgan fingerprint density at radius 1 is 1.24 bits per heavy atom. The number of rotatable bonds is 5. The summed E-state index contributed by atoms with van der Waals surface area (Å²) >= 11 is 5.91. The molecule has 0 radical (unpaired) electrons. The molecule has 0 saturated heterocycles. The molecule has 1 aliphatic carbocycles. The van der Waals surface area contributed by atoms with E-state index in [0.717, 1.165) is 24.0 Å². The number of ether oxygens (including phenoxy) is 1. The molecule has 0 amide bonds. The monoisotopic (exact) mass is 355 g/mol. The van der Waals surface area contributed by atoms with Crippen LogP contribution in [-0.2, 0) is 21.6 Å². The summed E-state index contributed by atoms with van der Waals surface area (Å²) in [5.74, 6) is 0.382. The van der Waals surface area contributed by atoms with Gasteiger partial charge in [0.2, 0.25) is 5.82 Å². The van der Waals surface area contributed by atoms with Crippen molar-refractivity contribution in [3.63, 3.8) is 0 Å². The highest BCUT2D eigenvalue weighted by Crippen LogP contribution is 2.49. The maximum Gasteiger partial charge on any atom is 0.317 e. The van der Waals surface area contributed by atoms with Crippen molar-refractivity contribution in [1.29, 1.82) is 0 Å². The molecule has 0 aliphatic heterocycles. The van der Waals surface area contributed by atoms with E-state index in [1.54, 1.807) is 30.6 Å². The standard InChI is InChI=1S/C18H14ClN3O3/c19-14-5-3-13(4-6-14)18(7-8-18)17(23)24-11-15-21-16(22-25-15)12-2-1-9-20-10-12/h1-6,9-10H,7-8,11H2. The quantitative estimate of drug-likeness (QED) is 0.651. The number of carbonyl (C=O) groups excluding carboxylic acids is 1. The fourth-order valence-corrected chi connectivity index (χ4v) is 2.82. The van der Waals surface area contributed by atoms with E-state index >= 15 is 0 Å². The summed E-state index contributed by atoms with van der Waals surface area (Å²) in [4.78, 5) is 20.7. The number of nitrogens with zero attached hydrogens (tertiary/aromatic N) is 3. The average Bonchev–Trinajstić information content (AvgIpc) is 3.32. The minimum absolute atomic E-state index is 0.0541. The van der Waals surface area contributed by atoms with E-state index < -0.39 is 5.41 Å². The van der Waals surface area contributed by atoms with Crippen molar-refractivity contribution in [2.75, 3.05) is 0 Å². The first-order chi connectivity index (χ1) is 12.2. The van der Waals surface area contributed by atoms with Crippen LogP contribution in [0.2, 0.25) is 5.02 Å². The second-order valence-corrected chi connectivity index (χ2v) is 6.35. The topological polar surface area (TPSA) is 78.1 Å². The highest BCUT2D eigenvalue weighted by Gasteiger charge is 2.52. The first kappa shape index (κ1) is 15.8. The number of benzene rings is 1. The van der Waals surface area contributed by atoms with Gasteiger partial charge in [0.25, 0.3) is 5.89 Å². The molecule has 1 aliphatic rings. The minimum atomic E-state index is -0.573. The maximum atomic E-state index is 12.5. The predicted molar refractivity (Wildman–Crippen MR) is 89.7 cm³/mol. The molecule has 0 unspecified atom stereocenters. The zero-order valence-electron chi connectivity index (χ0n) is 13.2. The fraction of sp³-hybridized carbons (Fsp3) is 0.222. The average molecular weight is 356 g/mol. The summed E-state index contributed by atoms with van der Waals surface area (Å²) in [6.45, 7) is -0.0541. The molecule has 3 aromatic rings. The molecule has 1 fully saturated rings. The van der Waals surface area contributed by atoms with E-state index in [0.29, 0.717) is 10.8 Å². The third-order valence-corrected chi connectivity index (χ3v) is 4.50. The van der Waals surface area contributed by atoms with Gasteiger partial charge in [0.15, 0.2) is 6.61 Å². The smallest absolute Gasteiger partial charge is 0.317 e. The minimum Gasteiger partial charge on any atom is -0.455 e. The second kappa shape index (κ2) is 6.29. The van der Waals surface area contributed by atoms with Crippen molar-refractivity contribution in [2.45, 2.75) is 24.9 Å². The van der Waals surface area contributed by atoms with Crippen LogP contribution >= 0.6 is 11.6 Å². The maximum absolute atomic E-state index is 12.5. The molecule has 2 aromatic heterocycles. The Hall–Kier alpha value is -2.73. The van der Waals surface area contributed by atoms with Gasteiger partial charge in [-0.05, 0) is 42.7 Å². The van der Waals surface area contributed by atoms with Crippen LogP contribution in [0.15, 0.2) is 53.3 Å². The van der Waals surface area contributed by atoms with Gasteiger partial charge >= 0.3 is 5.97 Å². The molecule has 7 heteroatoms. The molecule has 25 heavy (non-hydrogen) atoms. The molecule has 0 bridgehead atoms. The fourth-order valence-electron chi connectivity index (χ4n) is 2.70. The first-order valence-corrected chi connectivity index (χ1v) is 8.21. The lowest BCUT2D eigenvalue weighted by molar-refractivity contribution is -0.148. The summed E-state index contributed by atoms with van der Waals surface area (Å²) in [6.07, 6.45) is 4.83. The molecule has 4 rings (SSSR count). The van der Waals surface area contributed by atoms with Gasteiger partial charge in [0, 0.05) is 23.0 Å². The lowest BCUT2D eigenvalue weighted by atomic mass is 9.96. The molecule has 0 spiro atoms. The predicted octanol–water partition coefficient (Wildman–Crippen LogP) is 3.56. The Morgan fingerprint density at radius 2 is 2.04 bits per heavy atom. The molecular formula is C18H14ClN3O3. The van der Waals surface area contributed by atoms with Crippen LogP contribution < -0.4 is 0 Å². The number of hydrogen-bond donors (Lipinski definition) is 0. The summed E-state index contributed by atoms with van der Waals surface area (Å²) in [7, 11) is 0. The highest BCUT2D eigenvalue weighted by atomic mass is 35.5. The lowest BCUT2D eigenvalue weighted by Gasteiger charge is -2.14. The van der Waals surface area contributed by atoms with Crippen LogP contribution in [0, 0.1) is 0 Å². The molecule has 0 atom stereocenters. The number of halogens is 1. The van der Waals surface area contributed by atoms with Crippen LogP contribution in [-0.4, -0.2) is 21.1 Å². The largest absolute Gasteiger partial charge is 0.455 e. The highest BCUT2D eigenvalue weighted by molar-refractivity contribution is 6.30. The number of carbonyl (C=O) groups is 1. The van der Waals surface area contributed by atoms with Crippen LogP contribution in [0.5, 0.6) is 0 Å². The van der Waals surface area contributed by atoms with Gasteiger partial charge in [0.1, 0.15) is 0 Å². The Morgan fingerprint density at radius 3 is 2.72 bits per heavy atom. The van der Waals surface area contributed by atoms with Gasteiger partial charge in [-0.15, -0.1) is 0 Å². The van der Waals surface area contributed by atoms with E-state index in [1.165, 1.54) is 0 Å². The summed E-state index contributed by atoms with van der Waals surface area (Å²) in [5.41, 5.74) is 1.09. The Labute approximate surface area is 148 Å². The Kier molecular flexibility index (Phi) is 3.97. The lowest BCUT2D eigenvalue weighted by Crippen LogP contribution is -2.23. The molecule has 1 saturated carbocycles. The van der Waals surface area contributed by atoms with Gasteiger partial charge in [-0.1, -0.05) is 28.9 Å². The van der Waals surface area contributed by atoms with Gasteiger partial charge in [-0.3, -0.25) is 9.78 Å². The van der Waals surface area contributed by atoms with Crippen molar-refractivity contribution in [1.82, 2.24) is 15.1 Å². The van der Waals surface area contributed by atoms with Gasteiger partial charge in [0.05, 0.1) is 5.41 Å². The zero-order valence-corrected chi connectivity index (χ0v) is 13.9. The van der Waals surface area contributed by atoms with Crippen LogP contribution in [0.3, 0.4) is 0 Å². The van der Waals surface area contributed by atoms with Gasteiger partial charge in [-0.25, -0.2) is 0 Å².